The van der Waals surface area contributed by atoms with E-state index < -0.39 is 6.10 Å². The molecule has 140 valence electrons. The SMILES string of the molecule is Cc1ccn2nc(C(=O)NC[C@H](O)CN3CCc4ccccc4C3)cc2n1. The predicted octanol–water partition coefficient (Wildman–Crippen LogP) is 1.19. The molecule has 3 aromatic rings. The van der Waals surface area contributed by atoms with E-state index in [1.807, 2.05) is 19.1 Å². The number of aliphatic hydroxyl groups excluding tert-OH is 1. The number of aryl methyl sites for hydroxylation is 1. The molecular formula is C20H23N5O2. The van der Waals surface area contributed by atoms with Gasteiger partial charge >= 0.3 is 0 Å². The van der Waals surface area contributed by atoms with Gasteiger partial charge in [-0.1, -0.05) is 24.3 Å². The molecule has 3 heterocycles. The maximum absolute atomic E-state index is 12.3. The highest BCUT2D eigenvalue weighted by atomic mass is 16.3. The van der Waals surface area contributed by atoms with E-state index in [0.29, 0.717) is 17.9 Å². The van der Waals surface area contributed by atoms with Crippen LogP contribution >= 0.6 is 0 Å². The van der Waals surface area contributed by atoms with Gasteiger partial charge in [0, 0.05) is 44.1 Å². The summed E-state index contributed by atoms with van der Waals surface area (Å²) < 4.78 is 1.57. The molecule has 0 unspecified atom stereocenters. The van der Waals surface area contributed by atoms with Gasteiger partial charge < -0.3 is 10.4 Å². The number of aliphatic hydroxyl groups is 1. The van der Waals surface area contributed by atoms with Crippen LogP contribution in [-0.4, -0.2) is 56.2 Å². The zero-order valence-corrected chi connectivity index (χ0v) is 15.3. The predicted molar refractivity (Wildman–Crippen MR) is 101 cm³/mol. The van der Waals surface area contributed by atoms with E-state index in [9.17, 15) is 9.90 Å². The van der Waals surface area contributed by atoms with E-state index in [1.165, 1.54) is 11.1 Å². The Labute approximate surface area is 157 Å². The lowest BCUT2D eigenvalue weighted by Gasteiger charge is -2.30. The Balaban J connectivity index is 1.31. The van der Waals surface area contributed by atoms with E-state index in [4.69, 9.17) is 0 Å². The number of aromatic nitrogens is 3. The van der Waals surface area contributed by atoms with Crippen molar-refractivity contribution < 1.29 is 9.90 Å². The van der Waals surface area contributed by atoms with Crippen LogP contribution in [0.1, 0.15) is 27.3 Å². The van der Waals surface area contributed by atoms with Crippen LogP contribution in [-0.2, 0) is 13.0 Å². The highest BCUT2D eigenvalue weighted by molar-refractivity contribution is 5.93. The summed E-state index contributed by atoms with van der Waals surface area (Å²) in [6.07, 6.45) is 2.14. The summed E-state index contributed by atoms with van der Waals surface area (Å²) in [7, 11) is 0. The number of β-amino-alcohol motifs (C(OH)–C–C–N with tert-alkyl or cyclic N) is 1. The summed E-state index contributed by atoms with van der Waals surface area (Å²) in [5.41, 5.74) is 4.49. The van der Waals surface area contributed by atoms with Crippen molar-refractivity contribution in [1.29, 1.82) is 0 Å². The molecule has 7 heteroatoms. The monoisotopic (exact) mass is 365 g/mol. The Hall–Kier alpha value is -2.77. The van der Waals surface area contributed by atoms with Gasteiger partial charge in [-0.3, -0.25) is 9.69 Å². The van der Waals surface area contributed by atoms with Crippen molar-refractivity contribution in [2.45, 2.75) is 26.0 Å². The van der Waals surface area contributed by atoms with E-state index in [2.05, 4.69) is 38.5 Å². The maximum atomic E-state index is 12.3. The first-order chi connectivity index (χ1) is 13.1. The number of benzene rings is 1. The summed E-state index contributed by atoms with van der Waals surface area (Å²) in [6, 6.07) is 11.9. The Morgan fingerprint density at radius 3 is 2.96 bits per heavy atom. The number of hydrogen-bond donors (Lipinski definition) is 2. The first-order valence-electron chi connectivity index (χ1n) is 9.17. The maximum Gasteiger partial charge on any atom is 0.271 e. The lowest BCUT2D eigenvalue weighted by Crippen LogP contribution is -2.42. The van der Waals surface area contributed by atoms with Gasteiger partial charge in [-0.2, -0.15) is 5.10 Å². The van der Waals surface area contributed by atoms with Gasteiger partial charge in [-0.15, -0.1) is 0 Å². The largest absolute Gasteiger partial charge is 0.390 e. The molecule has 1 aliphatic heterocycles. The van der Waals surface area contributed by atoms with E-state index in [0.717, 1.165) is 25.2 Å². The Morgan fingerprint density at radius 1 is 1.30 bits per heavy atom. The molecule has 2 aromatic heterocycles. The Kier molecular flexibility index (Phi) is 4.87. The van der Waals surface area contributed by atoms with Gasteiger partial charge in [0.05, 0.1) is 6.10 Å². The van der Waals surface area contributed by atoms with Crippen LogP contribution in [0.4, 0.5) is 0 Å². The third-order valence-electron chi connectivity index (χ3n) is 4.87. The fourth-order valence-corrected chi connectivity index (χ4v) is 3.46. The summed E-state index contributed by atoms with van der Waals surface area (Å²) >= 11 is 0. The molecule has 4 rings (SSSR count). The number of hydrogen-bond acceptors (Lipinski definition) is 5. The smallest absolute Gasteiger partial charge is 0.271 e. The molecule has 0 aliphatic carbocycles. The quantitative estimate of drug-likeness (QED) is 0.710. The summed E-state index contributed by atoms with van der Waals surface area (Å²) in [6.45, 7) is 4.36. The lowest BCUT2D eigenvalue weighted by molar-refractivity contribution is 0.0838. The molecule has 0 radical (unpaired) electrons. The number of rotatable bonds is 5. The van der Waals surface area contributed by atoms with Crippen molar-refractivity contribution in [3.63, 3.8) is 0 Å². The zero-order valence-electron chi connectivity index (χ0n) is 15.3. The van der Waals surface area contributed by atoms with Gasteiger partial charge in [0.25, 0.3) is 5.91 Å². The highest BCUT2D eigenvalue weighted by Gasteiger charge is 2.19. The number of amides is 1. The average molecular weight is 365 g/mol. The number of carbonyl (C=O) groups excluding carboxylic acids is 1. The molecule has 2 N–H and O–H groups in total. The molecule has 1 aromatic carbocycles. The normalized spacial score (nSPS) is 15.5. The molecule has 0 spiro atoms. The second-order valence-electron chi connectivity index (χ2n) is 7.02. The lowest BCUT2D eigenvalue weighted by atomic mass is 10.00. The van der Waals surface area contributed by atoms with E-state index in [-0.39, 0.29) is 12.5 Å². The number of carbonyl (C=O) groups is 1. The van der Waals surface area contributed by atoms with Crippen molar-refractivity contribution in [2.24, 2.45) is 0 Å². The van der Waals surface area contributed by atoms with E-state index in [1.54, 1.807) is 16.8 Å². The zero-order chi connectivity index (χ0) is 18.8. The first-order valence-corrected chi connectivity index (χ1v) is 9.17. The van der Waals surface area contributed by atoms with E-state index >= 15 is 0 Å². The molecule has 0 saturated heterocycles. The molecule has 0 saturated carbocycles. The number of nitrogens with zero attached hydrogens (tertiary/aromatic N) is 4. The molecule has 1 aliphatic rings. The van der Waals surface area contributed by atoms with Crippen LogP contribution in [0.25, 0.3) is 5.65 Å². The summed E-state index contributed by atoms with van der Waals surface area (Å²) in [4.78, 5) is 18.9. The second-order valence-corrected chi connectivity index (χ2v) is 7.02. The van der Waals surface area contributed by atoms with Crippen molar-refractivity contribution >= 4 is 11.6 Å². The minimum absolute atomic E-state index is 0.192. The van der Waals surface area contributed by atoms with Crippen LogP contribution in [0.5, 0.6) is 0 Å². The second kappa shape index (κ2) is 7.46. The van der Waals surface area contributed by atoms with Crippen molar-refractivity contribution in [1.82, 2.24) is 24.8 Å². The van der Waals surface area contributed by atoms with Gasteiger partial charge in [-0.05, 0) is 30.5 Å². The standard InChI is InChI=1S/C20H23N5O2/c1-14-6-9-25-19(22-14)10-18(23-25)20(27)21-11-17(26)13-24-8-7-15-4-2-3-5-16(15)12-24/h2-6,9-10,17,26H,7-8,11-13H2,1H3,(H,21,27)/t17-/m0/s1. The highest BCUT2D eigenvalue weighted by Crippen LogP contribution is 2.18. The van der Waals surface area contributed by atoms with Gasteiger partial charge in [-0.25, -0.2) is 9.50 Å². The molecule has 1 atom stereocenters. The number of nitrogens with one attached hydrogen (secondary N) is 1. The molecule has 0 bridgehead atoms. The van der Waals surface area contributed by atoms with Crippen LogP contribution in [0, 0.1) is 6.92 Å². The third kappa shape index (κ3) is 3.99. The molecule has 27 heavy (non-hydrogen) atoms. The molecule has 1 amide bonds. The first kappa shape index (κ1) is 17.6. The summed E-state index contributed by atoms with van der Waals surface area (Å²) in [5.74, 6) is -0.304. The van der Waals surface area contributed by atoms with Crippen molar-refractivity contribution in [2.75, 3.05) is 19.6 Å². The number of fused-ring (bicyclic) bond motifs is 2. The molecular weight excluding hydrogens is 342 g/mol. The minimum Gasteiger partial charge on any atom is -0.390 e. The molecule has 7 nitrogen and oxygen atoms in total. The van der Waals surface area contributed by atoms with Gasteiger partial charge in [0.2, 0.25) is 0 Å². The van der Waals surface area contributed by atoms with Crippen molar-refractivity contribution in [3.05, 3.63) is 65.1 Å². The Bertz CT molecular complexity index is 968. The van der Waals surface area contributed by atoms with Gasteiger partial charge in [0.1, 0.15) is 0 Å². The van der Waals surface area contributed by atoms with Gasteiger partial charge in [0.15, 0.2) is 11.3 Å². The van der Waals surface area contributed by atoms with Crippen LogP contribution in [0.2, 0.25) is 0 Å². The fraction of sp³-hybridized carbons (Fsp3) is 0.350. The minimum atomic E-state index is -0.628. The molecule has 0 fully saturated rings. The summed E-state index contributed by atoms with van der Waals surface area (Å²) in [5, 5.41) is 17.3. The fourth-order valence-electron chi connectivity index (χ4n) is 3.46. The van der Waals surface area contributed by atoms with Crippen LogP contribution in [0.15, 0.2) is 42.6 Å². The van der Waals surface area contributed by atoms with Crippen LogP contribution < -0.4 is 5.32 Å². The third-order valence-corrected chi connectivity index (χ3v) is 4.87. The van der Waals surface area contributed by atoms with Crippen molar-refractivity contribution in [3.8, 4) is 0 Å². The van der Waals surface area contributed by atoms with Crippen LogP contribution in [0.3, 0.4) is 0 Å². The Morgan fingerprint density at radius 2 is 2.11 bits per heavy atom. The topological polar surface area (TPSA) is 82.8 Å². The average Bonchev–Trinajstić information content (AvgIpc) is 3.09.